The number of carbonyl (C=O) groups is 4. The average Bonchev–Trinajstić information content (AvgIpc) is 3.50. The summed E-state index contributed by atoms with van der Waals surface area (Å²) in [5.74, 6) is -1.37. The first-order chi connectivity index (χ1) is 15.5. The van der Waals surface area contributed by atoms with Gasteiger partial charge in [-0.05, 0) is 37.9 Å². The number of hydrogen-bond acceptors (Lipinski definition) is 7. The van der Waals surface area contributed by atoms with Gasteiger partial charge < -0.3 is 15.5 Å². The molecule has 3 aliphatic heterocycles. The van der Waals surface area contributed by atoms with Crippen LogP contribution in [0.4, 0.5) is 5.69 Å². The van der Waals surface area contributed by atoms with E-state index in [0.29, 0.717) is 16.8 Å². The lowest BCUT2D eigenvalue weighted by atomic mass is 10.0. The summed E-state index contributed by atoms with van der Waals surface area (Å²) in [5.41, 5.74) is 2.45. The third-order valence-corrected chi connectivity index (χ3v) is 6.14. The van der Waals surface area contributed by atoms with Crippen LogP contribution in [0.3, 0.4) is 0 Å². The summed E-state index contributed by atoms with van der Waals surface area (Å²) in [5, 5.41) is 16.7. The van der Waals surface area contributed by atoms with E-state index in [1.807, 2.05) is 0 Å². The molecule has 2 saturated heterocycles. The highest BCUT2D eigenvalue weighted by atomic mass is 16.2. The molecule has 1 aromatic heterocycles. The lowest BCUT2D eigenvalue weighted by Crippen LogP contribution is -2.52. The number of fused-ring (bicyclic) bond motifs is 1. The van der Waals surface area contributed by atoms with Crippen molar-refractivity contribution >= 4 is 29.3 Å². The summed E-state index contributed by atoms with van der Waals surface area (Å²) in [6.45, 7) is 1.14. The van der Waals surface area contributed by atoms with Crippen LogP contribution in [0, 0.1) is 0 Å². The predicted octanol–water partition coefficient (Wildman–Crippen LogP) is 0.102. The minimum Gasteiger partial charge on any atom is -0.324 e. The van der Waals surface area contributed by atoms with Crippen molar-refractivity contribution in [2.24, 2.45) is 0 Å². The highest BCUT2D eigenvalue weighted by Gasteiger charge is 2.40. The highest BCUT2D eigenvalue weighted by molar-refractivity contribution is 6.06. The smallest absolute Gasteiger partial charge is 0.255 e. The fourth-order valence-electron chi connectivity index (χ4n) is 4.53. The van der Waals surface area contributed by atoms with Gasteiger partial charge >= 0.3 is 0 Å². The Hall–Kier alpha value is -3.60. The van der Waals surface area contributed by atoms with Gasteiger partial charge in [-0.3, -0.25) is 24.5 Å². The highest BCUT2D eigenvalue weighted by Crippen LogP contribution is 2.32. The first-order valence-electron chi connectivity index (χ1n) is 10.7. The maximum absolute atomic E-state index is 12.9. The van der Waals surface area contributed by atoms with E-state index in [1.54, 1.807) is 24.4 Å². The van der Waals surface area contributed by atoms with Crippen LogP contribution < -0.4 is 16.0 Å². The van der Waals surface area contributed by atoms with Crippen LogP contribution in [-0.4, -0.2) is 56.1 Å². The standard InChI is InChI=1S/C21H23N7O4/c29-18-7-6-17(20(31)24-18)28-9-13-12(21(28)32)3-1-4-14(13)23-19(30)11-27-10-16(25-26-27)15-5-2-8-22-15/h1,3-4,10,15,17,22H,2,5-9,11H2,(H,23,30)(H,24,29,31). The summed E-state index contributed by atoms with van der Waals surface area (Å²) in [6.07, 6.45) is 4.34. The Balaban J connectivity index is 1.28. The van der Waals surface area contributed by atoms with Gasteiger partial charge in [0, 0.05) is 29.8 Å². The van der Waals surface area contributed by atoms with Crippen LogP contribution in [-0.2, 0) is 27.5 Å². The van der Waals surface area contributed by atoms with Gasteiger partial charge in [0.05, 0.1) is 17.9 Å². The number of hydrogen-bond donors (Lipinski definition) is 3. The summed E-state index contributed by atoms with van der Waals surface area (Å²) < 4.78 is 1.49. The van der Waals surface area contributed by atoms with Gasteiger partial charge in [0.2, 0.25) is 17.7 Å². The summed E-state index contributed by atoms with van der Waals surface area (Å²) >= 11 is 0. The molecule has 0 radical (unpaired) electrons. The van der Waals surface area contributed by atoms with Gasteiger partial charge in [0.25, 0.3) is 5.91 Å². The van der Waals surface area contributed by atoms with Crippen molar-refractivity contribution in [1.29, 1.82) is 0 Å². The topological polar surface area (TPSA) is 138 Å². The molecule has 11 heteroatoms. The van der Waals surface area contributed by atoms with E-state index >= 15 is 0 Å². The van der Waals surface area contributed by atoms with Crippen molar-refractivity contribution in [2.45, 2.75) is 50.9 Å². The summed E-state index contributed by atoms with van der Waals surface area (Å²) in [4.78, 5) is 50.7. The largest absolute Gasteiger partial charge is 0.324 e. The minimum absolute atomic E-state index is 0.00576. The van der Waals surface area contributed by atoms with Crippen LogP contribution in [0.15, 0.2) is 24.4 Å². The predicted molar refractivity (Wildman–Crippen MR) is 111 cm³/mol. The van der Waals surface area contributed by atoms with E-state index in [-0.39, 0.29) is 49.7 Å². The van der Waals surface area contributed by atoms with Gasteiger partial charge in [-0.15, -0.1) is 5.10 Å². The third-order valence-electron chi connectivity index (χ3n) is 6.14. The van der Waals surface area contributed by atoms with Gasteiger partial charge in [-0.25, -0.2) is 4.68 Å². The van der Waals surface area contributed by atoms with E-state index in [2.05, 4.69) is 26.3 Å². The number of piperidine rings is 1. The van der Waals surface area contributed by atoms with Crippen molar-refractivity contribution in [2.75, 3.05) is 11.9 Å². The maximum atomic E-state index is 12.9. The number of amides is 4. The Kier molecular flexibility index (Phi) is 5.17. The molecule has 166 valence electrons. The molecule has 5 rings (SSSR count). The Morgan fingerprint density at radius 1 is 1.22 bits per heavy atom. The molecular formula is C21H23N7O4. The Morgan fingerprint density at radius 3 is 2.88 bits per heavy atom. The van der Waals surface area contributed by atoms with E-state index < -0.39 is 11.9 Å². The van der Waals surface area contributed by atoms with E-state index in [4.69, 9.17) is 0 Å². The van der Waals surface area contributed by atoms with Gasteiger partial charge in [0.1, 0.15) is 12.6 Å². The molecule has 2 fully saturated rings. The van der Waals surface area contributed by atoms with Gasteiger partial charge in [-0.1, -0.05) is 11.3 Å². The molecule has 2 atom stereocenters. The Labute approximate surface area is 183 Å². The van der Waals surface area contributed by atoms with Gasteiger partial charge in [-0.2, -0.15) is 0 Å². The summed E-state index contributed by atoms with van der Waals surface area (Å²) in [6, 6.07) is 4.58. The van der Waals surface area contributed by atoms with Crippen molar-refractivity contribution in [3.8, 4) is 0 Å². The summed E-state index contributed by atoms with van der Waals surface area (Å²) in [7, 11) is 0. The molecule has 0 bridgehead atoms. The van der Waals surface area contributed by atoms with E-state index in [9.17, 15) is 19.2 Å². The zero-order chi connectivity index (χ0) is 22.2. The van der Waals surface area contributed by atoms with Gasteiger partial charge in [0.15, 0.2) is 0 Å². The molecule has 3 aliphatic rings. The van der Waals surface area contributed by atoms with Crippen molar-refractivity contribution in [3.63, 3.8) is 0 Å². The molecule has 1 aromatic carbocycles. The second-order valence-corrected chi connectivity index (χ2v) is 8.27. The second kappa shape index (κ2) is 8.15. The zero-order valence-corrected chi connectivity index (χ0v) is 17.3. The van der Waals surface area contributed by atoms with Crippen LogP contribution in [0.25, 0.3) is 0 Å². The number of anilines is 1. The Morgan fingerprint density at radius 2 is 2.09 bits per heavy atom. The molecule has 0 saturated carbocycles. The average molecular weight is 437 g/mol. The fourth-order valence-corrected chi connectivity index (χ4v) is 4.53. The fraction of sp³-hybridized carbons (Fsp3) is 0.429. The number of carbonyl (C=O) groups excluding carboxylic acids is 4. The molecule has 3 N–H and O–H groups in total. The lowest BCUT2D eigenvalue weighted by Gasteiger charge is -2.29. The molecule has 11 nitrogen and oxygen atoms in total. The number of nitrogens with one attached hydrogen (secondary N) is 3. The van der Waals surface area contributed by atoms with Crippen LogP contribution in [0.2, 0.25) is 0 Å². The normalized spacial score (nSPS) is 22.8. The molecule has 0 spiro atoms. The quantitative estimate of drug-likeness (QED) is 0.564. The molecule has 2 aromatic rings. The number of rotatable bonds is 5. The van der Waals surface area contributed by atoms with Crippen LogP contribution in [0.5, 0.6) is 0 Å². The molecule has 0 aliphatic carbocycles. The maximum Gasteiger partial charge on any atom is 0.255 e. The molecule has 2 unspecified atom stereocenters. The number of imide groups is 1. The monoisotopic (exact) mass is 437 g/mol. The Bertz CT molecular complexity index is 1110. The van der Waals surface area contributed by atoms with Crippen molar-refractivity contribution < 1.29 is 19.2 Å². The minimum atomic E-state index is -0.700. The second-order valence-electron chi connectivity index (χ2n) is 8.27. The number of aromatic nitrogens is 3. The SMILES string of the molecule is O=C1CCC(N2Cc3c(NC(=O)Cn4cc(C5CCCN5)nn4)cccc3C2=O)C(=O)N1. The van der Waals surface area contributed by atoms with Crippen LogP contribution >= 0.6 is 0 Å². The third kappa shape index (κ3) is 3.75. The van der Waals surface area contributed by atoms with Crippen molar-refractivity contribution in [1.82, 2.24) is 30.5 Å². The number of benzene rings is 1. The molecule has 32 heavy (non-hydrogen) atoms. The van der Waals surface area contributed by atoms with E-state index in [0.717, 1.165) is 25.1 Å². The van der Waals surface area contributed by atoms with E-state index in [1.165, 1.54) is 9.58 Å². The zero-order valence-electron chi connectivity index (χ0n) is 17.3. The lowest BCUT2D eigenvalue weighted by molar-refractivity contribution is -0.137. The van der Waals surface area contributed by atoms with Crippen molar-refractivity contribution in [3.05, 3.63) is 41.2 Å². The van der Waals surface area contributed by atoms with Crippen LogP contribution in [0.1, 0.15) is 53.3 Å². The molecule has 4 heterocycles. The first-order valence-corrected chi connectivity index (χ1v) is 10.7. The molecular weight excluding hydrogens is 414 g/mol. The molecule has 4 amide bonds. The number of nitrogens with zero attached hydrogens (tertiary/aromatic N) is 4. The first kappa shape index (κ1) is 20.3.